The molecule has 156 valence electrons. The van der Waals surface area contributed by atoms with E-state index in [9.17, 15) is 18.0 Å². The van der Waals surface area contributed by atoms with Crippen LogP contribution in [0.4, 0.5) is 5.69 Å². The predicted molar refractivity (Wildman–Crippen MR) is 108 cm³/mol. The molecule has 0 aliphatic rings. The van der Waals surface area contributed by atoms with Crippen molar-refractivity contribution >= 4 is 27.6 Å². The third kappa shape index (κ3) is 6.30. The Morgan fingerprint density at radius 1 is 0.966 bits per heavy atom. The smallest absolute Gasteiger partial charge is 0.324 e. The Hall–Kier alpha value is -2.91. The molecule has 2 atom stereocenters. The zero-order valence-corrected chi connectivity index (χ0v) is 17.4. The molecular formula is C20H24N2O6S. The van der Waals surface area contributed by atoms with Crippen LogP contribution in [0.1, 0.15) is 19.4 Å². The summed E-state index contributed by atoms with van der Waals surface area (Å²) in [5.41, 5.74) is 1.42. The monoisotopic (exact) mass is 420 g/mol. The summed E-state index contributed by atoms with van der Waals surface area (Å²) in [7, 11) is -2.36. The van der Waals surface area contributed by atoms with Gasteiger partial charge in [-0.2, -0.15) is 4.72 Å². The number of hydrogen-bond acceptors (Lipinski definition) is 6. The van der Waals surface area contributed by atoms with Gasteiger partial charge in [0.05, 0.1) is 12.0 Å². The minimum absolute atomic E-state index is 0.0352. The highest BCUT2D eigenvalue weighted by Crippen LogP contribution is 2.16. The van der Waals surface area contributed by atoms with Gasteiger partial charge >= 0.3 is 5.97 Å². The lowest BCUT2D eigenvalue weighted by Crippen LogP contribution is -2.42. The maximum Gasteiger partial charge on any atom is 0.324 e. The van der Waals surface area contributed by atoms with E-state index in [1.54, 1.807) is 36.4 Å². The van der Waals surface area contributed by atoms with Crippen LogP contribution < -0.4 is 14.8 Å². The third-order valence-electron chi connectivity index (χ3n) is 4.04. The van der Waals surface area contributed by atoms with Crippen LogP contribution in [-0.4, -0.2) is 39.5 Å². The topological polar surface area (TPSA) is 111 Å². The average molecular weight is 420 g/mol. The molecule has 0 saturated carbocycles. The van der Waals surface area contributed by atoms with Crippen molar-refractivity contribution in [1.82, 2.24) is 4.72 Å². The van der Waals surface area contributed by atoms with E-state index in [0.29, 0.717) is 11.4 Å². The lowest BCUT2D eigenvalue weighted by atomic mass is 10.2. The van der Waals surface area contributed by atoms with E-state index in [1.807, 2.05) is 6.92 Å². The first kappa shape index (κ1) is 22.4. The van der Waals surface area contributed by atoms with Crippen LogP contribution in [0.25, 0.3) is 0 Å². The maximum absolute atomic E-state index is 12.4. The van der Waals surface area contributed by atoms with Crippen molar-refractivity contribution in [3.8, 4) is 5.75 Å². The van der Waals surface area contributed by atoms with Crippen molar-refractivity contribution in [2.24, 2.45) is 0 Å². The van der Waals surface area contributed by atoms with E-state index in [-0.39, 0.29) is 4.90 Å². The average Bonchev–Trinajstić information content (AvgIpc) is 2.68. The minimum Gasteiger partial charge on any atom is -0.497 e. The number of amides is 1. The summed E-state index contributed by atoms with van der Waals surface area (Å²) in [6.07, 6.45) is -1.11. The molecule has 0 radical (unpaired) electrons. The van der Waals surface area contributed by atoms with E-state index in [2.05, 4.69) is 10.0 Å². The van der Waals surface area contributed by atoms with Gasteiger partial charge in [-0.25, -0.2) is 8.42 Å². The van der Waals surface area contributed by atoms with E-state index in [4.69, 9.17) is 9.47 Å². The molecular weight excluding hydrogens is 396 g/mol. The highest BCUT2D eigenvalue weighted by Gasteiger charge is 2.26. The molecule has 0 spiro atoms. The first-order valence-corrected chi connectivity index (χ1v) is 10.3. The molecule has 8 nitrogen and oxygen atoms in total. The number of benzene rings is 2. The highest BCUT2D eigenvalue weighted by atomic mass is 32.2. The van der Waals surface area contributed by atoms with E-state index >= 15 is 0 Å². The highest BCUT2D eigenvalue weighted by molar-refractivity contribution is 7.89. The summed E-state index contributed by atoms with van der Waals surface area (Å²) >= 11 is 0. The second kappa shape index (κ2) is 9.53. The summed E-state index contributed by atoms with van der Waals surface area (Å²) in [5, 5.41) is 2.61. The van der Waals surface area contributed by atoms with Gasteiger partial charge in [0.2, 0.25) is 10.0 Å². The SMILES string of the molecule is COc1ccc(NC(=O)[C@H](C)OC(=O)[C@H](C)NS(=O)(=O)c2ccc(C)cc2)cc1. The van der Waals surface area contributed by atoms with Crippen molar-refractivity contribution < 1.29 is 27.5 Å². The number of sulfonamides is 1. The number of carbonyl (C=O) groups is 2. The fourth-order valence-electron chi connectivity index (χ4n) is 2.31. The Morgan fingerprint density at radius 2 is 1.55 bits per heavy atom. The molecule has 0 unspecified atom stereocenters. The Kier molecular flexibility index (Phi) is 7.35. The van der Waals surface area contributed by atoms with Gasteiger partial charge in [0, 0.05) is 5.69 Å². The molecule has 2 aromatic carbocycles. The van der Waals surface area contributed by atoms with E-state index in [1.165, 1.54) is 33.1 Å². The van der Waals surface area contributed by atoms with Gasteiger partial charge in [-0.3, -0.25) is 9.59 Å². The predicted octanol–water partition coefficient (Wildman–Crippen LogP) is 2.24. The van der Waals surface area contributed by atoms with Crippen molar-refractivity contribution in [1.29, 1.82) is 0 Å². The van der Waals surface area contributed by atoms with Crippen molar-refractivity contribution in [3.63, 3.8) is 0 Å². The van der Waals surface area contributed by atoms with Crippen LogP contribution in [0.5, 0.6) is 5.75 Å². The summed E-state index contributed by atoms with van der Waals surface area (Å²) in [4.78, 5) is 24.5. The van der Waals surface area contributed by atoms with Crippen molar-refractivity contribution in [2.75, 3.05) is 12.4 Å². The van der Waals surface area contributed by atoms with E-state index in [0.717, 1.165) is 5.56 Å². The van der Waals surface area contributed by atoms with Gasteiger partial charge in [-0.15, -0.1) is 0 Å². The second-order valence-electron chi connectivity index (χ2n) is 6.45. The fraction of sp³-hybridized carbons (Fsp3) is 0.300. The normalized spacial score (nSPS) is 13.2. The maximum atomic E-state index is 12.4. The Labute approximate surface area is 170 Å². The molecule has 0 aliphatic heterocycles. The first-order valence-electron chi connectivity index (χ1n) is 8.87. The second-order valence-corrected chi connectivity index (χ2v) is 8.17. The summed E-state index contributed by atoms with van der Waals surface area (Å²) in [6.45, 7) is 4.59. The van der Waals surface area contributed by atoms with Gasteiger partial charge in [0.1, 0.15) is 11.8 Å². The molecule has 29 heavy (non-hydrogen) atoms. The third-order valence-corrected chi connectivity index (χ3v) is 5.59. The molecule has 2 aromatic rings. The quantitative estimate of drug-likeness (QED) is 0.634. The standard InChI is InChI=1S/C20H24N2O6S/c1-13-5-11-18(12-6-13)29(25,26)22-14(2)20(24)28-15(3)19(23)21-16-7-9-17(27-4)10-8-16/h5-12,14-15,22H,1-4H3,(H,21,23)/t14-,15-/m0/s1. The molecule has 1 amide bonds. The Bertz CT molecular complexity index is 955. The van der Waals surface area contributed by atoms with Crippen LogP contribution >= 0.6 is 0 Å². The molecule has 0 heterocycles. The van der Waals surface area contributed by atoms with Crippen LogP contribution in [0.15, 0.2) is 53.4 Å². The molecule has 0 aromatic heterocycles. The van der Waals surface area contributed by atoms with Crippen LogP contribution in [0.2, 0.25) is 0 Å². The van der Waals surface area contributed by atoms with Crippen molar-refractivity contribution in [3.05, 3.63) is 54.1 Å². The number of rotatable bonds is 8. The molecule has 0 fully saturated rings. The van der Waals surface area contributed by atoms with Gasteiger partial charge in [-0.1, -0.05) is 17.7 Å². The number of aryl methyl sites for hydroxylation is 1. The number of hydrogen-bond donors (Lipinski definition) is 2. The molecule has 9 heteroatoms. The number of methoxy groups -OCH3 is 1. The van der Waals surface area contributed by atoms with Crippen LogP contribution in [-0.2, 0) is 24.3 Å². The first-order chi connectivity index (χ1) is 13.6. The van der Waals surface area contributed by atoms with Crippen LogP contribution in [0, 0.1) is 6.92 Å². The zero-order chi connectivity index (χ0) is 21.6. The fourth-order valence-corrected chi connectivity index (χ4v) is 3.51. The molecule has 0 bridgehead atoms. The van der Waals surface area contributed by atoms with E-state index < -0.39 is 34.0 Å². The van der Waals surface area contributed by atoms with Gasteiger partial charge in [0.15, 0.2) is 6.10 Å². The number of esters is 1. The number of anilines is 1. The van der Waals surface area contributed by atoms with Crippen LogP contribution in [0.3, 0.4) is 0 Å². The van der Waals surface area contributed by atoms with Crippen molar-refractivity contribution in [2.45, 2.75) is 37.8 Å². The summed E-state index contributed by atoms with van der Waals surface area (Å²) in [6, 6.07) is 11.7. The molecule has 0 saturated heterocycles. The molecule has 2 rings (SSSR count). The minimum atomic E-state index is -3.90. The van der Waals surface area contributed by atoms with Gasteiger partial charge in [-0.05, 0) is 57.2 Å². The number of carbonyl (C=O) groups excluding carboxylic acids is 2. The number of ether oxygens (including phenoxy) is 2. The zero-order valence-electron chi connectivity index (χ0n) is 16.6. The Morgan fingerprint density at radius 3 is 2.10 bits per heavy atom. The van der Waals surface area contributed by atoms with Gasteiger partial charge in [0.25, 0.3) is 5.91 Å². The largest absolute Gasteiger partial charge is 0.497 e. The lowest BCUT2D eigenvalue weighted by Gasteiger charge is -2.18. The molecule has 2 N–H and O–H groups in total. The van der Waals surface area contributed by atoms with Gasteiger partial charge < -0.3 is 14.8 Å². The molecule has 0 aliphatic carbocycles. The Balaban J connectivity index is 1.93. The summed E-state index contributed by atoms with van der Waals surface area (Å²) in [5.74, 6) is -0.771. The lowest BCUT2D eigenvalue weighted by molar-refractivity contribution is -0.154. The number of nitrogens with one attached hydrogen (secondary N) is 2. The summed E-state index contributed by atoms with van der Waals surface area (Å²) < 4.78 is 37.1.